The van der Waals surface area contributed by atoms with Gasteiger partial charge in [-0.05, 0) is 38.0 Å². The predicted molar refractivity (Wildman–Crippen MR) is 107 cm³/mol. The first-order chi connectivity index (χ1) is 13.2. The number of hydrogen-bond donors (Lipinski definition) is 0. The van der Waals surface area contributed by atoms with E-state index in [4.69, 9.17) is 32.7 Å². The topological polar surface area (TPSA) is 90.0 Å². The van der Waals surface area contributed by atoms with Gasteiger partial charge in [0, 0.05) is 24.0 Å². The standard InChI is InChI=1S/C18H23Cl2NO6S/c1-2-21(14-7-9-28(24,25)12-14)17(22)11-27-18(23)4-3-8-26-16-6-5-13(19)10-15(16)20/h5-6,10,14H,2-4,7-9,11-12H2,1H3. The Hall–Kier alpha value is -1.51. The van der Waals surface area contributed by atoms with Gasteiger partial charge in [-0.2, -0.15) is 0 Å². The van der Waals surface area contributed by atoms with E-state index in [-0.39, 0.29) is 36.5 Å². The Morgan fingerprint density at radius 3 is 2.64 bits per heavy atom. The zero-order chi connectivity index (χ0) is 20.7. The fourth-order valence-electron chi connectivity index (χ4n) is 2.95. The van der Waals surface area contributed by atoms with Gasteiger partial charge in [-0.3, -0.25) is 9.59 Å². The van der Waals surface area contributed by atoms with E-state index >= 15 is 0 Å². The summed E-state index contributed by atoms with van der Waals surface area (Å²) < 4.78 is 33.7. The van der Waals surface area contributed by atoms with Crippen LogP contribution in [0.5, 0.6) is 5.75 Å². The maximum absolute atomic E-state index is 12.3. The molecule has 0 saturated carbocycles. The lowest BCUT2D eigenvalue weighted by Gasteiger charge is -2.26. The van der Waals surface area contributed by atoms with Crippen LogP contribution < -0.4 is 4.74 Å². The van der Waals surface area contributed by atoms with Crippen molar-refractivity contribution in [3.63, 3.8) is 0 Å². The number of esters is 1. The number of halogens is 2. The van der Waals surface area contributed by atoms with Crippen molar-refractivity contribution in [3.05, 3.63) is 28.2 Å². The molecule has 1 fully saturated rings. The zero-order valence-electron chi connectivity index (χ0n) is 15.5. The molecule has 156 valence electrons. The van der Waals surface area contributed by atoms with Crippen LogP contribution >= 0.6 is 23.2 Å². The van der Waals surface area contributed by atoms with Gasteiger partial charge in [-0.1, -0.05) is 23.2 Å². The first-order valence-corrected chi connectivity index (χ1v) is 11.5. The maximum atomic E-state index is 12.3. The molecule has 0 bridgehead atoms. The van der Waals surface area contributed by atoms with Crippen molar-refractivity contribution >= 4 is 44.9 Å². The minimum absolute atomic E-state index is 0.0366. The number of hydrogen-bond acceptors (Lipinski definition) is 6. The van der Waals surface area contributed by atoms with Gasteiger partial charge in [-0.15, -0.1) is 0 Å². The van der Waals surface area contributed by atoms with Crippen LogP contribution in [0.1, 0.15) is 26.2 Å². The molecule has 1 aromatic carbocycles. The smallest absolute Gasteiger partial charge is 0.306 e. The van der Waals surface area contributed by atoms with Gasteiger partial charge in [0.15, 0.2) is 16.4 Å². The lowest BCUT2D eigenvalue weighted by Crippen LogP contribution is -2.43. The summed E-state index contributed by atoms with van der Waals surface area (Å²) in [5, 5.41) is 0.885. The highest BCUT2D eigenvalue weighted by molar-refractivity contribution is 7.91. The summed E-state index contributed by atoms with van der Waals surface area (Å²) in [6.45, 7) is 1.99. The molecule has 1 amide bonds. The van der Waals surface area contributed by atoms with Crippen LogP contribution in [0.3, 0.4) is 0 Å². The van der Waals surface area contributed by atoms with Crippen molar-refractivity contribution in [3.8, 4) is 5.75 Å². The summed E-state index contributed by atoms with van der Waals surface area (Å²) in [5.41, 5.74) is 0. The van der Waals surface area contributed by atoms with E-state index in [0.717, 1.165) is 0 Å². The molecule has 1 atom stereocenters. The molecular weight excluding hydrogens is 429 g/mol. The van der Waals surface area contributed by atoms with Gasteiger partial charge in [-0.25, -0.2) is 8.42 Å². The third-order valence-corrected chi connectivity index (χ3v) is 6.62. The Kier molecular flexibility index (Phi) is 8.39. The van der Waals surface area contributed by atoms with Crippen molar-refractivity contribution < 1.29 is 27.5 Å². The van der Waals surface area contributed by atoms with E-state index in [2.05, 4.69) is 0 Å². The van der Waals surface area contributed by atoms with Crippen LogP contribution in [-0.2, 0) is 24.2 Å². The summed E-state index contributed by atoms with van der Waals surface area (Å²) in [6, 6.07) is 4.51. The molecule has 0 radical (unpaired) electrons. The van der Waals surface area contributed by atoms with Gasteiger partial charge in [0.25, 0.3) is 5.91 Å². The fraction of sp³-hybridized carbons (Fsp3) is 0.556. The number of carbonyl (C=O) groups is 2. The van der Waals surface area contributed by atoms with Crippen molar-refractivity contribution in [2.75, 3.05) is 31.3 Å². The van der Waals surface area contributed by atoms with Gasteiger partial charge in [0.05, 0.1) is 23.1 Å². The average molecular weight is 452 g/mol. The average Bonchev–Trinajstić information content (AvgIpc) is 2.98. The summed E-state index contributed by atoms with van der Waals surface area (Å²) in [7, 11) is -3.09. The molecule has 2 rings (SSSR count). The number of rotatable bonds is 9. The maximum Gasteiger partial charge on any atom is 0.306 e. The number of sulfone groups is 1. The molecule has 0 N–H and O–H groups in total. The summed E-state index contributed by atoms with van der Waals surface area (Å²) in [5.74, 6) is -0.389. The van der Waals surface area contributed by atoms with Crippen molar-refractivity contribution in [1.29, 1.82) is 0 Å². The summed E-state index contributed by atoms with van der Waals surface area (Å²) in [6.07, 6.45) is 0.896. The van der Waals surface area contributed by atoms with Crippen LogP contribution in [0.2, 0.25) is 10.0 Å². The molecule has 1 aliphatic heterocycles. The third-order valence-electron chi connectivity index (χ3n) is 4.34. The zero-order valence-corrected chi connectivity index (χ0v) is 17.9. The van der Waals surface area contributed by atoms with E-state index in [1.165, 1.54) is 4.90 Å². The molecule has 1 saturated heterocycles. The lowest BCUT2D eigenvalue weighted by molar-refractivity contribution is -0.152. The molecule has 0 aliphatic carbocycles. The molecule has 10 heteroatoms. The Morgan fingerprint density at radius 1 is 1.29 bits per heavy atom. The van der Waals surface area contributed by atoms with Crippen molar-refractivity contribution in [2.45, 2.75) is 32.2 Å². The minimum atomic E-state index is -3.09. The van der Waals surface area contributed by atoms with E-state index < -0.39 is 22.4 Å². The highest BCUT2D eigenvalue weighted by Gasteiger charge is 2.34. The first kappa shape index (κ1) is 22.8. The molecule has 28 heavy (non-hydrogen) atoms. The number of nitrogens with zero attached hydrogens (tertiary/aromatic N) is 1. The van der Waals surface area contributed by atoms with Crippen LogP contribution in [0, 0.1) is 0 Å². The Bertz CT molecular complexity index is 814. The first-order valence-electron chi connectivity index (χ1n) is 8.95. The fourth-order valence-corrected chi connectivity index (χ4v) is 5.14. The van der Waals surface area contributed by atoms with E-state index in [1.54, 1.807) is 25.1 Å². The number of likely N-dealkylation sites (N-methyl/N-ethyl adjacent to an activating group) is 1. The second-order valence-corrected chi connectivity index (χ2v) is 9.50. The van der Waals surface area contributed by atoms with Gasteiger partial charge >= 0.3 is 5.97 Å². The summed E-state index contributed by atoms with van der Waals surface area (Å²) >= 11 is 11.8. The number of ether oxygens (including phenoxy) is 2. The molecular formula is C18H23Cl2NO6S. The van der Waals surface area contributed by atoms with Gasteiger partial charge in [0.2, 0.25) is 0 Å². The quantitative estimate of drug-likeness (QED) is 0.423. The molecule has 1 unspecified atom stereocenters. The monoisotopic (exact) mass is 451 g/mol. The van der Waals surface area contributed by atoms with Crippen LogP contribution in [0.15, 0.2) is 18.2 Å². The van der Waals surface area contributed by atoms with Crippen molar-refractivity contribution in [1.82, 2.24) is 4.90 Å². The van der Waals surface area contributed by atoms with Gasteiger partial charge in [0.1, 0.15) is 5.75 Å². The Balaban J connectivity index is 1.69. The lowest BCUT2D eigenvalue weighted by atomic mass is 10.2. The number of carbonyl (C=O) groups excluding carboxylic acids is 2. The second-order valence-electron chi connectivity index (χ2n) is 6.42. The van der Waals surface area contributed by atoms with Gasteiger partial charge < -0.3 is 14.4 Å². The molecule has 0 spiro atoms. The Labute approximate surface area is 174 Å². The van der Waals surface area contributed by atoms with Crippen molar-refractivity contribution in [2.24, 2.45) is 0 Å². The highest BCUT2D eigenvalue weighted by Crippen LogP contribution is 2.27. The predicted octanol–water partition coefficient (Wildman–Crippen LogP) is 2.73. The normalized spacial score (nSPS) is 17.9. The van der Waals surface area contributed by atoms with Crippen LogP contribution in [-0.4, -0.2) is 62.5 Å². The highest BCUT2D eigenvalue weighted by atomic mass is 35.5. The molecule has 1 heterocycles. The summed E-state index contributed by atoms with van der Waals surface area (Å²) in [4.78, 5) is 25.5. The number of benzene rings is 1. The number of amides is 1. The SMILES string of the molecule is CCN(C(=O)COC(=O)CCCOc1ccc(Cl)cc1Cl)C1CCS(=O)(=O)C1. The third kappa shape index (κ3) is 6.83. The molecule has 0 aromatic heterocycles. The largest absolute Gasteiger partial charge is 0.492 e. The van der Waals surface area contributed by atoms with E-state index in [1.807, 2.05) is 0 Å². The van der Waals surface area contributed by atoms with E-state index in [0.29, 0.717) is 35.2 Å². The van der Waals surface area contributed by atoms with Crippen LogP contribution in [0.4, 0.5) is 0 Å². The Morgan fingerprint density at radius 2 is 2.04 bits per heavy atom. The molecule has 1 aliphatic rings. The minimum Gasteiger partial charge on any atom is -0.492 e. The second kappa shape index (κ2) is 10.3. The molecule has 7 nitrogen and oxygen atoms in total. The molecule has 1 aromatic rings. The van der Waals surface area contributed by atoms with E-state index in [9.17, 15) is 18.0 Å². The van der Waals surface area contributed by atoms with Crippen LogP contribution in [0.25, 0.3) is 0 Å².